The Morgan fingerprint density at radius 2 is 1.90 bits per heavy atom. The first-order valence-electron chi connectivity index (χ1n) is 9.58. The topological polar surface area (TPSA) is 103 Å². The van der Waals surface area contributed by atoms with E-state index in [0.29, 0.717) is 29.0 Å². The van der Waals surface area contributed by atoms with Crippen molar-refractivity contribution in [3.05, 3.63) is 53.6 Å². The molecule has 1 saturated heterocycles. The summed E-state index contributed by atoms with van der Waals surface area (Å²) in [4.78, 5) is 16.3. The lowest BCUT2D eigenvalue weighted by Crippen LogP contribution is -2.33. The maximum absolute atomic E-state index is 12.8. The Labute approximate surface area is 183 Å². The number of nitrogens with zero attached hydrogens (tertiary/aromatic N) is 4. The molecule has 2 unspecified atom stereocenters. The molecule has 1 fully saturated rings. The highest BCUT2D eigenvalue weighted by Crippen LogP contribution is 2.29. The fraction of sp³-hybridized carbons (Fsp3) is 0.300. The van der Waals surface area contributed by atoms with Crippen molar-refractivity contribution in [1.29, 1.82) is 0 Å². The summed E-state index contributed by atoms with van der Waals surface area (Å²) in [5.41, 5.74) is 1.67. The lowest BCUT2D eigenvalue weighted by atomic mass is 10.1. The molecule has 2 atom stereocenters. The van der Waals surface area contributed by atoms with Gasteiger partial charge in [0.05, 0.1) is 48.2 Å². The van der Waals surface area contributed by atoms with Gasteiger partial charge >= 0.3 is 6.01 Å². The monoisotopic (exact) mass is 446 g/mol. The van der Waals surface area contributed by atoms with E-state index >= 15 is 0 Å². The molecule has 1 aromatic carbocycles. The Kier molecular flexibility index (Phi) is 6.70. The van der Waals surface area contributed by atoms with Gasteiger partial charge in [-0.1, -0.05) is 17.7 Å². The summed E-state index contributed by atoms with van der Waals surface area (Å²) in [5.74, 6) is 0.882. The van der Waals surface area contributed by atoms with Crippen molar-refractivity contribution in [2.75, 3.05) is 25.0 Å². The van der Waals surface area contributed by atoms with Gasteiger partial charge in [0.25, 0.3) is 0 Å². The van der Waals surface area contributed by atoms with Crippen LogP contribution in [-0.4, -0.2) is 46.0 Å². The van der Waals surface area contributed by atoms with Crippen LogP contribution in [-0.2, 0) is 4.74 Å². The zero-order chi connectivity index (χ0) is 21.6. The number of hydrogen-bond donors (Lipinski definition) is 2. The molecule has 162 valence electrons. The van der Waals surface area contributed by atoms with Gasteiger partial charge in [0, 0.05) is 20.0 Å². The van der Waals surface area contributed by atoms with E-state index in [9.17, 15) is 4.39 Å². The van der Waals surface area contributed by atoms with E-state index in [4.69, 9.17) is 25.8 Å². The Bertz CT molecular complexity index is 1000. The van der Waals surface area contributed by atoms with Gasteiger partial charge in [-0.3, -0.25) is 0 Å². The molecule has 0 bridgehead atoms. The zero-order valence-electron chi connectivity index (χ0n) is 16.6. The van der Waals surface area contributed by atoms with Crippen molar-refractivity contribution in [3.63, 3.8) is 0 Å². The van der Waals surface area contributed by atoms with E-state index in [1.807, 2.05) is 18.2 Å². The van der Waals surface area contributed by atoms with Crippen molar-refractivity contribution in [2.24, 2.45) is 0 Å². The van der Waals surface area contributed by atoms with E-state index < -0.39 is 6.36 Å². The molecule has 0 aliphatic carbocycles. The summed E-state index contributed by atoms with van der Waals surface area (Å²) in [6.07, 6.45) is 4.10. The maximum atomic E-state index is 12.8. The average Bonchev–Trinajstić information content (AvgIpc) is 2.78. The number of alkyl halides is 1. The fourth-order valence-electron chi connectivity index (χ4n) is 2.88. The third kappa shape index (κ3) is 5.75. The van der Waals surface area contributed by atoms with E-state index in [1.165, 1.54) is 31.7 Å². The van der Waals surface area contributed by atoms with Crippen molar-refractivity contribution >= 4 is 23.2 Å². The summed E-state index contributed by atoms with van der Waals surface area (Å²) in [6, 6.07) is 5.74. The van der Waals surface area contributed by atoms with Crippen molar-refractivity contribution in [1.82, 2.24) is 25.3 Å². The van der Waals surface area contributed by atoms with Crippen LogP contribution in [0.5, 0.6) is 17.5 Å². The molecule has 1 aliphatic heterocycles. The number of benzene rings is 1. The van der Waals surface area contributed by atoms with Crippen molar-refractivity contribution in [2.45, 2.75) is 19.4 Å². The van der Waals surface area contributed by atoms with Crippen molar-refractivity contribution < 1.29 is 18.6 Å². The zero-order valence-corrected chi connectivity index (χ0v) is 17.3. The number of morpholine rings is 1. The summed E-state index contributed by atoms with van der Waals surface area (Å²) < 4.78 is 28.9. The minimum atomic E-state index is -1.45. The quantitative estimate of drug-likeness (QED) is 0.560. The first-order chi connectivity index (χ1) is 15.1. The molecule has 31 heavy (non-hydrogen) atoms. The Hall–Kier alpha value is -3.08. The third-order valence-corrected chi connectivity index (χ3v) is 4.59. The molecule has 9 nitrogen and oxygen atoms in total. The number of aromatic nitrogens is 4. The highest BCUT2D eigenvalue weighted by atomic mass is 35.5. The molecule has 4 rings (SSSR count). The minimum Gasteiger partial charge on any atom is -0.457 e. The Balaban J connectivity index is 1.37. The number of rotatable bonds is 7. The lowest BCUT2D eigenvalue weighted by molar-refractivity contribution is 0.0277. The second-order valence-electron chi connectivity index (χ2n) is 6.63. The molecule has 0 spiro atoms. The number of nitrogens with one attached hydrogen (secondary N) is 2. The van der Waals surface area contributed by atoms with Crippen LogP contribution in [0.25, 0.3) is 0 Å². The van der Waals surface area contributed by atoms with Crippen LogP contribution in [0.2, 0.25) is 5.02 Å². The predicted molar refractivity (Wildman–Crippen MR) is 112 cm³/mol. The van der Waals surface area contributed by atoms with Gasteiger partial charge < -0.3 is 24.8 Å². The number of anilines is 2. The Morgan fingerprint density at radius 1 is 1.16 bits per heavy atom. The highest BCUT2D eigenvalue weighted by molar-refractivity contribution is 6.33. The van der Waals surface area contributed by atoms with Gasteiger partial charge in [-0.2, -0.15) is 9.97 Å². The number of halogens is 2. The summed E-state index contributed by atoms with van der Waals surface area (Å²) >= 11 is 6.41. The molecule has 2 N–H and O–H groups in total. The van der Waals surface area contributed by atoms with Gasteiger partial charge in [-0.15, -0.1) is 0 Å². The van der Waals surface area contributed by atoms with Gasteiger partial charge in [-0.05, 0) is 17.7 Å². The molecule has 1 aliphatic rings. The lowest BCUT2D eigenvalue weighted by Gasteiger charge is -2.24. The fourth-order valence-corrected chi connectivity index (χ4v) is 3.11. The third-order valence-electron chi connectivity index (χ3n) is 4.28. The molecule has 2 aromatic heterocycles. The van der Waals surface area contributed by atoms with Crippen molar-refractivity contribution in [3.8, 4) is 17.5 Å². The van der Waals surface area contributed by atoms with Crippen LogP contribution >= 0.6 is 11.6 Å². The van der Waals surface area contributed by atoms with Gasteiger partial charge in [-0.25, -0.2) is 14.4 Å². The molecular weight excluding hydrogens is 427 g/mol. The van der Waals surface area contributed by atoms with E-state index in [-0.39, 0.29) is 17.9 Å². The smallest absolute Gasteiger partial charge is 0.322 e. The molecule has 3 heterocycles. The highest BCUT2D eigenvalue weighted by Gasteiger charge is 2.17. The molecule has 11 heteroatoms. The number of hydrogen-bond acceptors (Lipinski definition) is 9. The van der Waals surface area contributed by atoms with Gasteiger partial charge in [0.15, 0.2) is 11.5 Å². The summed E-state index contributed by atoms with van der Waals surface area (Å²) in [7, 11) is 0. The van der Waals surface area contributed by atoms with Crippen LogP contribution in [0.3, 0.4) is 0 Å². The van der Waals surface area contributed by atoms with Crippen LogP contribution in [0.15, 0.2) is 43.0 Å². The van der Waals surface area contributed by atoms with E-state index in [1.54, 1.807) is 0 Å². The molecule has 0 saturated carbocycles. The molecule has 0 amide bonds. The van der Waals surface area contributed by atoms with E-state index in [0.717, 1.165) is 18.7 Å². The normalized spacial score (nSPS) is 17.1. The second kappa shape index (κ2) is 9.82. The maximum Gasteiger partial charge on any atom is 0.322 e. The Morgan fingerprint density at radius 3 is 2.55 bits per heavy atom. The van der Waals surface area contributed by atoms with Gasteiger partial charge in [0.1, 0.15) is 0 Å². The summed E-state index contributed by atoms with van der Waals surface area (Å²) in [6.45, 7) is 3.54. The summed E-state index contributed by atoms with van der Waals surface area (Å²) in [5, 5.41) is 6.90. The molecular formula is C20H20ClFN6O3. The minimum absolute atomic E-state index is 0.0174. The largest absolute Gasteiger partial charge is 0.457 e. The standard InChI is InChI=1S/C20H20ClFN6O3/c1-12(22)30-14-9-26-20(27-10-14)31-15-7-24-19(25-8-15)28-17-3-2-13(6-16(17)21)18-11-23-4-5-29-18/h2-3,6-10,12,18,23H,4-5,11H2,1H3,(H,24,25,28). The van der Waals surface area contributed by atoms with Crippen LogP contribution in [0.1, 0.15) is 18.6 Å². The SMILES string of the molecule is CC(F)Oc1cnc(Oc2cnc(Nc3ccc(C4CNCCO4)cc3Cl)nc2)nc1. The average molecular weight is 447 g/mol. The first-order valence-corrected chi connectivity index (χ1v) is 9.96. The predicted octanol–water partition coefficient (Wildman–Crippen LogP) is 3.81. The van der Waals surface area contributed by atoms with E-state index in [2.05, 4.69) is 30.6 Å². The number of ether oxygens (including phenoxy) is 3. The van der Waals surface area contributed by atoms with Crippen LogP contribution in [0.4, 0.5) is 16.0 Å². The van der Waals surface area contributed by atoms with Gasteiger partial charge in [0.2, 0.25) is 12.3 Å². The molecule has 0 radical (unpaired) electrons. The second-order valence-corrected chi connectivity index (χ2v) is 7.04. The first kappa shape index (κ1) is 21.2. The van der Waals surface area contributed by atoms with Crippen LogP contribution in [0, 0.1) is 0 Å². The van der Waals surface area contributed by atoms with Crippen LogP contribution < -0.4 is 20.1 Å². The molecule has 3 aromatic rings.